The monoisotopic (exact) mass is 410 g/mol. The average Bonchev–Trinajstić information content (AvgIpc) is 2.71. The van der Waals surface area contributed by atoms with Gasteiger partial charge >= 0.3 is 0 Å². The Hall–Kier alpha value is -3.18. The van der Waals surface area contributed by atoms with E-state index < -0.39 is 23.7 Å². The van der Waals surface area contributed by atoms with Crippen LogP contribution in [0, 0.1) is 12.7 Å². The van der Waals surface area contributed by atoms with E-state index in [2.05, 4.69) is 10.6 Å². The second-order valence-electron chi connectivity index (χ2n) is 6.64. The van der Waals surface area contributed by atoms with E-state index in [1.165, 1.54) is 18.2 Å². The quantitative estimate of drug-likeness (QED) is 0.615. The molecule has 3 rings (SSSR count). The van der Waals surface area contributed by atoms with Gasteiger partial charge in [-0.25, -0.2) is 4.39 Å². The number of benzene rings is 3. The first-order valence-electron chi connectivity index (χ1n) is 9.10. The van der Waals surface area contributed by atoms with Gasteiger partial charge in [-0.3, -0.25) is 9.59 Å². The minimum atomic E-state index is -0.900. The van der Waals surface area contributed by atoms with Crippen molar-refractivity contribution in [1.82, 2.24) is 5.32 Å². The second kappa shape index (κ2) is 9.34. The van der Waals surface area contributed by atoms with E-state index in [0.29, 0.717) is 10.7 Å². The summed E-state index contributed by atoms with van der Waals surface area (Å²) in [5.74, 6) is -1.71. The minimum Gasteiger partial charge on any atom is -0.340 e. The molecule has 0 saturated carbocycles. The van der Waals surface area contributed by atoms with Crippen molar-refractivity contribution in [3.05, 3.63) is 100 Å². The first kappa shape index (κ1) is 20.6. The van der Waals surface area contributed by atoms with E-state index in [1.54, 1.807) is 24.3 Å². The predicted molar refractivity (Wildman–Crippen MR) is 113 cm³/mol. The maximum Gasteiger partial charge on any atom is 0.254 e. The Morgan fingerprint density at radius 1 is 1.00 bits per heavy atom. The molecule has 2 amide bonds. The molecule has 0 spiro atoms. The van der Waals surface area contributed by atoms with Gasteiger partial charge in [0.05, 0.1) is 5.56 Å². The van der Waals surface area contributed by atoms with Crippen molar-refractivity contribution in [3.8, 4) is 0 Å². The van der Waals surface area contributed by atoms with Gasteiger partial charge in [0.15, 0.2) is 0 Å². The predicted octanol–water partition coefficient (Wildman–Crippen LogP) is 4.77. The minimum absolute atomic E-state index is 0.114. The van der Waals surface area contributed by atoms with E-state index in [0.717, 1.165) is 11.1 Å². The molecule has 0 aliphatic heterocycles. The zero-order valence-corrected chi connectivity index (χ0v) is 16.5. The highest BCUT2D eigenvalue weighted by Crippen LogP contribution is 2.20. The fraction of sp³-hybridized carbons (Fsp3) is 0.130. The summed E-state index contributed by atoms with van der Waals surface area (Å²) < 4.78 is 14.0. The van der Waals surface area contributed by atoms with Crippen LogP contribution >= 0.6 is 11.6 Å². The molecule has 3 aromatic carbocycles. The summed E-state index contributed by atoms with van der Waals surface area (Å²) in [7, 11) is 0. The Balaban J connectivity index is 1.84. The largest absolute Gasteiger partial charge is 0.340 e. The Morgan fingerprint density at radius 2 is 1.69 bits per heavy atom. The summed E-state index contributed by atoms with van der Waals surface area (Å²) in [6.07, 6.45) is 0.256. The molecular formula is C23H20ClFN2O2. The molecule has 0 fully saturated rings. The number of aryl methyl sites for hydroxylation is 1. The lowest BCUT2D eigenvalue weighted by Gasteiger charge is -2.20. The van der Waals surface area contributed by atoms with Crippen molar-refractivity contribution in [2.24, 2.45) is 0 Å². The SMILES string of the molecule is Cc1ccc(Cl)cc1NC(=O)C(Cc1ccccc1)NC(=O)c1ccccc1F. The van der Waals surface area contributed by atoms with E-state index in [1.807, 2.05) is 37.3 Å². The molecule has 0 aliphatic carbocycles. The van der Waals surface area contributed by atoms with E-state index in [4.69, 9.17) is 11.6 Å². The molecular weight excluding hydrogens is 391 g/mol. The molecule has 1 atom stereocenters. The highest BCUT2D eigenvalue weighted by Gasteiger charge is 2.23. The third-order valence-electron chi connectivity index (χ3n) is 4.48. The smallest absolute Gasteiger partial charge is 0.254 e. The van der Waals surface area contributed by atoms with Crippen LogP contribution in [0.5, 0.6) is 0 Å². The molecule has 0 heterocycles. The summed E-state index contributed by atoms with van der Waals surface area (Å²) in [6.45, 7) is 1.84. The summed E-state index contributed by atoms with van der Waals surface area (Å²) in [6, 6.07) is 19.2. The number of hydrogen-bond donors (Lipinski definition) is 2. The van der Waals surface area contributed by atoms with E-state index >= 15 is 0 Å². The number of halogens is 2. The molecule has 6 heteroatoms. The van der Waals surface area contributed by atoms with Crippen molar-refractivity contribution in [2.45, 2.75) is 19.4 Å². The van der Waals surface area contributed by atoms with Crippen molar-refractivity contribution < 1.29 is 14.0 Å². The molecule has 0 aromatic heterocycles. The van der Waals surface area contributed by atoms with Crippen molar-refractivity contribution in [3.63, 3.8) is 0 Å². The third-order valence-corrected chi connectivity index (χ3v) is 4.72. The number of amides is 2. The molecule has 2 N–H and O–H groups in total. The van der Waals surface area contributed by atoms with Crippen LogP contribution in [0.25, 0.3) is 0 Å². The molecule has 0 aliphatic rings. The lowest BCUT2D eigenvalue weighted by molar-refractivity contribution is -0.118. The summed E-state index contributed by atoms with van der Waals surface area (Å²) in [4.78, 5) is 25.6. The maximum atomic E-state index is 14.0. The molecule has 0 bridgehead atoms. The molecule has 1 unspecified atom stereocenters. The molecule has 148 valence electrons. The third kappa shape index (κ3) is 5.42. The van der Waals surface area contributed by atoms with Gasteiger partial charge < -0.3 is 10.6 Å². The first-order valence-corrected chi connectivity index (χ1v) is 9.48. The Bertz CT molecular complexity index is 1020. The van der Waals surface area contributed by atoms with Crippen molar-refractivity contribution >= 4 is 29.1 Å². The lowest BCUT2D eigenvalue weighted by atomic mass is 10.0. The van der Waals surface area contributed by atoms with Crippen LogP contribution in [0.3, 0.4) is 0 Å². The Kier molecular flexibility index (Phi) is 6.62. The normalized spacial score (nSPS) is 11.6. The van der Waals surface area contributed by atoms with Crippen molar-refractivity contribution in [2.75, 3.05) is 5.32 Å². The second-order valence-corrected chi connectivity index (χ2v) is 7.08. The fourth-order valence-corrected chi connectivity index (χ4v) is 3.06. The molecule has 3 aromatic rings. The molecule has 0 radical (unpaired) electrons. The van der Waals surface area contributed by atoms with Gasteiger partial charge in [-0.15, -0.1) is 0 Å². The van der Waals surface area contributed by atoms with Crippen LogP contribution in [0.2, 0.25) is 5.02 Å². The van der Waals surface area contributed by atoms with Crippen LogP contribution in [0.15, 0.2) is 72.8 Å². The average molecular weight is 411 g/mol. The van der Waals surface area contributed by atoms with E-state index in [9.17, 15) is 14.0 Å². The number of carbonyl (C=O) groups is 2. The van der Waals surface area contributed by atoms with Gasteiger partial charge in [0.1, 0.15) is 11.9 Å². The van der Waals surface area contributed by atoms with E-state index in [-0.39, 0.29) is 12.0 Å². The van der Waals surface area contributed by atoms with Gasteiger partial charge in [-0.1, -0.05) is 60.1 Å². The van der Waals surface area contributed by atoms with Gasteiger partial charge in [0.2, 0.25) is 5.91 Å². The standard InChI is InChI=1S/C23H20ClFN2O2/c1-15-11-12-17(24)14-20(15)26-23(29)21(13-16-7-3-2-4-8-16)27-22(28)18-9-5-6-10-19(18)25/h2-12,14,21H,13H2,1H3,(H,26,29)(H,27,28). The van der Waals surface area contributed by atoms with Crippen LogP contribution in [-0.2, 0) is 11.2 Å². The number of carbonyl (C=O) groups excluding carboxylic acids is 2. The van der Waals surface area contributed by atoms with Crippen molar-refractivity contribution in [1.29, 1.82) is 0 Å². The Morgan fingerprint density at radius 3 is 2.41 bits per heavy atom. The number of anilines is 1. The number of rotatable bonds is 6. The zero-order chi connectivity index (χ0) is 20.8. The number of hydrogen-bond acceptors (Lipinski definition) is 2. The summed E-state index contributed by atoms with van der Waals surface area (Å²) in [5, 5.41) is 5.95. The van der Waals surface area contributed by atoms with Crippen LogP contribution in [0.4, 0.5) is 10.1 Å². The molecule has 0 saturated heterocycles. The number of nitrogens with one attached hydrogen (secondary N) is 2. The molecule has 29 heavy (non-hydrogen) atoms. The highest BCUT2D eigenvalue weighted by molar-refractivity contribution is 6.31. The van der Waals surface area contributed by atoms with Crippen LogP contribution in [0.1, 0.15) is 21.5 Å². The van der Waals surface area contributed by atoms with Crippen LogP contribution in [-0.4, -0.2) is 17.9 Å². The maximum absolute atomic E-state index is 14.0. The van der Waals surface area contributed by atoms with Gasteiger partial charge in [-0.2, -0.15) is 0 Å². The highest BCUT2D eigenvalue weighted by atomic mass is 35.5. The topological polar surface area (TPSA) is 58.2 Å². The van der Waals surface area contributed by atoms with Gasteiger partial charge in [-0.05, 0) is 42.3 Å². The zero-order valence-electron chi connectivity index (χ0n) is 15.8. The van der Waals surface area contributed by atoms with Gasteiger partial charge in [0, 0.05) is 17.1 Å². The molecule has 4 nitrogen and oxygen atoms in total. The Labute approximate surface area is 173 Å². The van der Waals surface area contributed by atoms with Crippen LogP contribution < -0.4 is 10.6 Å². The summed E-state index contributed by atoms with van der Waals surface area (Å²) in [5.41, 5.74) is 2.14. The fourth-order valence-electron chi connectivity index (χ4n) is 2.89. The first-order chi connectivity index (χ1) is 13.9. The van der Waals surface area contributed by atoms with Gasteiger partial charge in [0.25, 0.3) is 5.91 Å². The summed E-state index contributed by atoms with van der Waals surface area (Å²) >= 11 is 6.03. The lowest BCUT2D eigenvalue weighted by Crippen LogP contribution is -2.45.